The number of fused-ring (bicyclic) bond motifs is 13. The van der Waals surface area contributed by atoms with Crippen molar-refractivity contribution in [2.75, 3.05) is 7.05 Å². The van der Waals surface area contributed by atoms with E-state index in [1.54, 1.807) is 0 Å². The van der Waals surface area contributed by atoms with Crippen LogP contribution < -0.4 is 5.73 Å². The number of hydrogen-bond donors (Lipinski definition) is 1. The topological polar surface area (TPSA) is 26.0 Å². The monoisotopic (exact) mass is 781 g/mol. The molecule has 0 aromatic heterocycles. The largest absolute Gasteiger partial charge is 0.333 e. The number of benzene rings is 9. The average Bonchev–Trinajstić information content (AvgIpc) is 3.80. The first-order valence-corrected chi connectivity index (χ1v) is 21.3. The number of allylic oxidation sites excluding steroid dienone is 4. The van der Waals surface area contributed by atoms with Crippen molar-refractivity contribution in [3.05, 3.63) is 258 Å². The van der Waals surface area contributed by atoms with Gasteiger partial charge in [0, 0.05) is 0 Å². The molecular weight excluding hydrogens is 735 g/mol. The van der Waals surface area contributed by atoms with E-state index >= 15 is 0 Å². The standard InChI is InChI=1S/C59H42.CH5N/c1-2-3-4-5-9-18-48(41-16-7-6-8-17-41)42-27-25-40(26-28-42)43-31-34-49-46(37-43)29-30-47-38-44(32-35-50(47)49)45-33-36-54-53-21-12-15-24-57(53)59(58(54)39-45)55-22-13-10-19-51(55)52-20-11-14-23-56(52)59;1-2/h2-4,6-8,10-39H,1,5,9H2;2H2,1H3/b4-3-,48-18+;. The molecule has 0 heterocycles. The van der Waals surface area contributed by atoms with Gasteiger partial charge in [-0.3, -0.25) is 0 Å². The van der Waals surface area contributed by atoms with Crippen LogP contribution in [0.25, 0.3) is 71.6 Å². The van der Waals surface area contributed by atoms with E-state index < -0.39 is 0 Å². The van der Waals surface area contributed by atoms with Gasteiger partial charge in [-0.2, -0.15) is 0 Å². The van der Waals surface area contributed by atoms with E-state index in [1.807, 2.05) is 12.2 Å². The maximum Gasteiger partial charge on any atom is 0.0725 e. The predicted molar refractivity (Wildman–Crippen MR) is 261 cm³/mol. The average molecular weight is 782 g/mol. The number of nitrogens with two attached hydrogens (primary N) is 1. The zero-order valence-corrected chi connectivity index (χ0v) is 34.5. The summed E-state index contributed by atoms with van der Waals surface area (Å²) in [5.41, 5.74) is 23.7. The van der Waals surface area contributed by atoms with Crippen LogP contribution in [0, 0.1) is 0 Å². The minimum absolute atomic E-state index is 0.343. The number of rotatable bonds is 8. The van der Waals surface area contributed by atoms with Crippen molar-refractivity contribution in [2.45, 2.75) is 18.3 Å². The summed E-state index contributed by atoms with van der Waals surface area (Å²) in [7, 11) is 1.50. The van der Waals surface area contributed by atoms with Gasteiger partial charge in [0.2, 0.25) is 0 Å². The Balaban J connectivity index is 0.00000220. The predicted octanol–water partition coefficient (Wildman–Crippen LogP) is 15.2. The second-order valence-electron chi connectivity index (χ2n) is 15.9. The van der Waals surface area contributed by atoms with Gasteiger partial charge in [-0.15, -0.1) is 0 Å². The Bertz CT molecular complexity index is 3100. The van der Waals surface area contributed by atoms with Crippen LogP contribution >= 0.6 is 0 Å². The molecule has 0 aliphatic heterocycles. The smallest absolute Gasteiger partial charge is 0.0725 e. The summed E-state index contributed by atoms with van der Waals surface area (Å²) in [4.78, 5) is 0. The lowest BCUT2D eigenvalue weighted by molar-refractivity contribution is 0.794. The molecule has 9 aromatic rings. The third kappa shape index (κ3) is 6.29. The van der Waals surface area contributed by atoms with Crippen molar-refractivity contribution in [3.63, 3.8) is 0 Å². The zero-order chi connectivity index (χ0) is 41.3. The molecule has 0 unspecified atom stereocenters. The van der Waals surface area contributed by atoms with Gasteiger partial charge in [0.15, 0.2) is 0 Å². The summed E-state index contributed by atoms with van der Waals surface area (Å²) in [6, 6.07) is 72.6. The van der Waals surface area contributed by atoms with Crippen LogP contribution in [0.4, 0.5) is 0 Å². The summed E-state index contributed by atoms with van der Waals surface area (Å²) in [5.74, 6) is 0. The van der Waals surface area contributed by atoms with Crippen LogP contribution in [0.5, 0.6) is 0 Å². The Labute approximate surface area is 359 Å². The Kier molecular flexibility index (Phi) is 9.97. The highest BCUT2D eigenvalue weighted by atomic mass is 14.5. The first-order chi connectivity index (χ1) is 30.2. The Morgan fingerprint density at radius 1 is 0.443 bits per heavy atom. The summed E-state index contributed by atoms with van der Waals surface area (Å²) in [6.45, 7) is 3.80. The molecule has 9 aromatic carbocycles. The van der Waals surface area contributed by atoms with Gasteiger partial charge in [0.1, 0.15) is 0 Å². The van der Waals surface area contributed by atoms with Crippen molar-refractivity contribution < 1.29 is 0 Å². The SMILES string of the molecule is C=C/C=C\CC/C=C(\c1ccccc1)c1ccc(-c2ccc3c(ccc4cc(-c5ccc6c(c5)C5(c7ccccc7-c7ccccc75)c5ccccc5-6)ccc43)c2)cc1.CN. The minimum Gasteiger partial charge on any atom is -0.333 e. The van der Waals surface area contributed by atoms with E-state index in [4.69, 9.17) is 0 Å². The van der Waals surface area contributed by atoms with E-state index in [-0.39, 0.29) is 5.41 Å². The fraction of sp³-hybridized carbons (Fsp3) is 0.0667. The van der Waals surface area contributed by atoms with Gasteiger partial charge in [0.05, 0.1) is 5.41 Å². The van der Waals surface area contributed by atoms with Crippen LogP contribution in [0.3, 0.4) is 0 Å². The maximum atomic E-state index is 4.50. The van der Waals surface area contributed by atoms with Crippen LogP contribution in [-0.2, 0) is 5.41 Å². The zero-order valence-electron chi connectivity index (χ0n) is 34.5. The second kappa shape index (κ2) is 16.0. The number of hydrogen-bond acceptors (Lipinski definition) is 1. The molecule has 1 spiro atoms. The van der Waals surface area contributed by atoms with Crippen molar-refractivity contribution in [1.82, 2.24) is 0 Å². The van der Waals surface area contributed by atoms with E-state index in [0.717, 1.165) is 12.8 Å². The van der Waals surface area contributed by atoms with Gasteiger partial charge in [-0.25, -0.2) is 0 Å². The first kappa shape index (κ1) is 37.9. The molecule has 292 valence electrons. The third-order valence-electron chi connectivity index (χ3n) is 12.7. The van der Waals surface area contributed by atoms with Gasteiger partial charge in [-0.1, -0.05) is 207 Å². The molecule has 61 heavy (non-hydrogen) atoms. The summed E-state index contributed by atoms with van der Waals surface area (Å²) < 4.78 is 0. The first-order valence-electron chi connectivity index (χ1n) is 21.3. The molecule has 2 aliphatic carbocycles. The van der Waals surface area contributed by atoms with Crippen LogP contribution in [-0.4, -0.2) is 7.05 Å². The van der Waals surface area contributed by atoms with Crippen LogP contribution in [0.2, 0.25) is 0 Å². The highest BCUT2D eigenvalue weighted by Crippen LogP contribution is 2.63. The molecule has 0 amide bonds. The number of unbranched alkanes of at least 4 members (excludes halogenated alkanes) is 1. The van der Waals surface area contributed by atoms with Gasteiger partial charge >= 0.3 is 0 Å². The molecular formula is C60H47N. The molecule has 11 rings (SSSR count). The quantitative estimate of drug-likeness (QED) is 0.0927. The molecule has 0 atom stereocenters. The van der Waals surface area contributed by atoms with Gasteiger partial charge < -0.3 is 5.73 Å². The van der Waals surface area contributed by atoms with Crippen LogP contribution in [0.1, 0.15) is 46.2 Å². The third-order valence-corrected chi connectivity index (χ3v) is 12.7. The highest BCUT2D eigenvalue weighted by Gasteiger charge is 2.51. The highest BCUT2D eigenvalue weighted by molar-refractivity contribution is 6.09. The maximum absolute atomic E-state index is 4.50. The Hall–Kier alpha value is -7.32. The van der Waals surface area contributed by atoms with Gasteiger partial charge in [0.25, 0.3) is 0 Å². The minimum atomic E-state index is -0.343. The molecule has 0 bridgehead atoms. The van der Waals surface area contributed by atoms with Crippen molar-refractivity contribution >= 4 is 27.1 Å². The van der Waals surface area contributed by atoms with Gasteiger partial charge in [-0.05, 0) is 143 Å². The fourth-order valence-corrected chi connectivity index (χ4v) is 10.1. The molecule has 2 N–H and O–H groups in total. The molecule has 0 radical (unpaired) electrons. The summed E-state index contributed by atoms with van der Waals surface area (Å²) in [6.07, 6.45) is 10.4. The lowest BCUT2D eigenvalue weighted by Crippen LogP contribution is -2.25. The molecule has 0 fully saturated rings. The lowest BCUT2D eigenvalue weighted by Gasteiger charge is -2.30. The van der Waals surface area contributed by atoms with E-state index in [9.17, 15) is 0 Å². The van der Waals surface area contributed by atoms with E-state index in [0.29, 0.717) is 0 Å². The molecule has 1 heteroatoms. The Morgan fingerprint density at radius 3 is 1.48 bits per heavy atom. The van der Waals surface area contributed by atoms with E-state index in [1.165, 1.54) is 112 Å². The van der Waals surface area contributed by atoms with Crippen molar-refractivity contribution in [3.8, 4) is 44.5 Å². The van der Waals surface area contributed by atoms with Crippen molar-refractivity contribution in [2.24, 2.45) is 5.73 Å². The van der Waals surface area contributed by atoms with Crippen LogP contribution in [0.15, 0.2) is 225 Å². The molecule has 0 saturated heterocycles. The summed E-state index contributed by atoms with van der Waals surface area (Å²) in [5, 5.41) is 5.05. The summed E-state index contributed by atoms with van der Waals surface area (Å²) >= 11 is 0. The molecule has 0 saturated carbocycles. The fourth-order valence-electron chi connectivity index (χ4n) is 10.1. The second-order valence-corrected chi connectivity index (χ2v) is 15.9. The molecule has 2 aliphatic rings. The van der Waals surface area contributed by atoms with E-state index in [2.05, 4.69) is 219 Å². The lowest BCUT2D eigenvalue weighted by atomic mass is 9.70. The van der Waals surface area contributed by atoms with Crippen molar-refractivity contribution in [1.29, 1.82) is 0 Å². The molecule has 1 nitrogen and oxygen atoms in total. The Morgan fingerprint density at radius 2 is 0.902 bits per heavy atom. The normalized spacial score (nSPS) is 13.1.